The van der Waals surface area contributed by atoms with Crippen molar-refractivity contribution in [2.75, 3.05) is 18.6 Å². The number of hydrogen-bond donors (Lipinski definition) is 1. The van der Waals surface area contributed by atoms with Crippen LogP contribution < -0.4 is 5.73 Å². The highest BCUT2D eigenvalue weighted by molar-refractivity contribution is 7.85. The van der Waals surface area contributed by atoms with Crippen LogP contribution in [0.2, 0.25) is 10.0 Å². The number of imidazole rings is 1. The third kappa shape index (κ3) is 4.17. The molecule has 0 bridgehead atoms. The van der Waals surface area contributed by atoms with Crippen molar-refractivity contribution in [2.24, 2.45) is 0 Å². The van der Waals surface area contributed by atoms with Gasteiger partial charge in [0.1, 0.15) is 17.4 Å². The third-order valence-corrected chi connectivity index (χ3v) is 6.74. The van der Waals surface area contributed by atoms with E-state index in [0.717, 1.165) is 16.9 Å². The van der Waals surface area contributed by atoms with Gasteiger partial charge in [0.15, 0.2) is 5.82 Å². The number of nitrogens with two attached hydrogens (primary N) is 1. The van der Waals surface area contributed by atoms with Gasteiger partial charge >= 0.3 is 0 Å². The number of hydrogen-bond acceptors (Lipinski definition) is 5. The van der Waals surface area contributed by atoms with Crippen molar-refractivity contribution in [3.63, 3.8) is 0 Å². The number of fused-ring (bicyclic) bond motifs is 1. The summed E-state index contributed by atoms with van der Waals surface area (Å²) in [5.74, 6) is 1.62. The number of benzene rings is 1. The maximum Gasteiger partial charge on any atom is 0.151 e. The first-order chi connectivity index (χ1) is 13.3. The van der Waals surface area contributed by atoms with Crippen molar-refractivity contribution in [3.8, 4) is 0 Å². The largest absolute Gasteiger partial charge is 0.382 e. The minimum Gasteiger partial charge on any atom is -0.382 e. The molecule has 0 aliphatic carbocycles. The zero-order valence-corrected chi connectivity index (χ0v) is 18.2. The Hall–Kier alpha value is -1.67. The van der Waals surface area contributed by atoms with Crippen molar-refractivity contribution in [1.29, 1.82) is 0 Å². The Morgan fingerprint density at radius 2 is 2.11 bits per heavy atom. The number of nitrogen functional groups attached to an aromatic ring is 1. The fraction of sp³-hybridized carbons (Fsp3) is 0.368. The summed E-state index contributed by atoms with van der Waals surface area (Å²) in [7, 11) is 0.419. The topological polar surface area (TPSA) is 83.0 Å². The SMILES string of the molecule is COC(C)c1nc2c(N)ncc(C)c2n1CCCS(=O)c1ccc(Cl)cc1Cl. The van der Waals surface area contributed by atoms with Gasteiger partial charge in [-0.15, -0.1) is 0 Å². The highest BCUT2D eigenvalue weighted by Crippen LogP contribution is 2.28. The number of methoxy groups -OCH3 is 1. The van der Waals surface area contributed by atoms with Gasteiger partial charge in [0.2, 0.25) is 0 Å². The Bertz CT molecular complexity index is 1040. The maximum absolute atomic E-state index is 12.7. The van der Waals surface area contributed by atoms with E-state index >= 15 is 0 Å². The first-order valence-corrected chi connectivity index (χ1v) is 10.9. The van der Waals surface area contributed by atoms with Crippen molar-refractivity contribution in [3.05, 3.63) is 45.8 Å². The molecule has 0 amide bonds. The molecule has 2 heterocycles. The standard InChI is InChI=1S/C19H22Cl2N4O2S/c1-11-10-23-18(22)16-17(11)25(19(24-16)12(2)27-3)7-4-8-28(26)15-6-5-13(20)9-14(15)21/h5-6,9-10,12H,4,7-8H2,1-3H3,(H2,22,23). The Labute approximate surface area is 176 Å². The zero-order chi connectivity index (χ0) is 20.4. The second-order valence-electron chi connectivity index (χ2n) is 6.50. The fourth-order valence-electron chi connectivity index (χ4n) is 3.10. The van der Waals surface area contributed by atoms with Gasteiger partial charge in [0.25, 0.3) is 0 Å². The third-order valence-electron chi connectivity index (χ3n) is 4.58. The van der Waals surface area contributed by atoms with E-state index in [1.54, 1.807) is 31.5 Å². The minimum absolute atomic E-state index is 0.206. The monoisotopic (exact) mass is 440 g/mol. The molecule has 0 saturated heterocycles. The van der Waals surface area contributed by atoms with Gasteiger partial charge in [0.05, 0.1) is 26.2 Å². The van der Waals surface area contributed by atoms with E-state index in [-0.39, 0.29) is 6.10 Å². The van der Waals surface area contributed by atoms with E-state index < -0.39 is 10.8 Å². The second kappa shape index (κ2) is 8.78. The van der Waals surface area contributed by atoms with Crippen LogP contribution in [-0.4, -0.2) is 31.6 Å². The van der Waals surface area contributed by atoms with Crippen molar-refractivity contribution < 1.29 is 8.95 Å². The molecule has 0 fully saturated rings. The van der Waals surface area contributed by atoms with E-state index in [1.807, 2.05) is 13.8 Å². The number of nitrogens with zero attached hydrogens (tertiary/aromatic N) is 3. The quantitative estimate of drug-likeness (QED) is 0.582. The molecular weight excluding hydrogens is 419 g/mol. The van der Waals surface area contributed by atoms with E-state index in [4.69, 9.17) is 33.7 Å². The average molecular weight is 441 g/mol. The van der Waals surface area contributed by atoms with Gasteiger partial charge in [-0.3, -0.25) is 4.21 Å². The first kappa shape index (κ1) is 21.0. The van der Waals surface area contributed by atoms with Crippen LogP contribution in [0, 0.1) is 6.92 Å². The highest BCUT2D eigenvalue weighted by atomic mass is 35.5. The molecule has 0 aliphatic rings. The van der Waals surface area contributed by atoms with Crippen LogP contribution in [0.15, 0.2) is 29.3 Å². The van der Waals surface area contributed by atoms with Crippen LogP contribution in [-0.2, 0) is 22.1 Å². The summed E-state index contributed by atoms with van der Waals surface area (Å²) < 4.78 is 20.2. The lowest BCUT2D eigenvalue weighted by Crippen LogP contribution is -2.11. The summed E-state index contributed by atoms with van der Waals surface area (Å²) in [5.41, 5.74) is 8.61. The van der Waals surface area contributed by atoms with Gasteiger partial charge < -0.3 is 15.0 Å². The van der Waals surface area contributed by atoms with E-state index in [0.29, 0.717) is 45.0 Å². The molecule has 3 rings (SSSR count). The lowest BCUT2D eigenvalue weighted by Gasteiger charge is -2.14. The second-order valence-corrected chi connectivity index (χ2v) is 8.88. The Morgan fingerprint density at radius 3 is 2.79 bits per heavy atom. The molecule has 3 aromatic rings. The zero-order valence-electron chi connectivity index (χ0n) is 15.9. The van der Waals surface area contributed by atoms with Crippen LogP contribution in [0.4, 0.5) is 5.82 Å². The number of anilines is 1. The van der Waals surface area contributed by atoms with E-state index in [1.165, 1.54) is 0 Å². The van der Waals surface area contributed by atoms with Gasteiger partial charge in [0, 0.05) is 30.6 Å². The summed E-state index contributed by atoms with van der Waals surface area (Å²) in [6.07, 6.45) is 2.20. The summed E-state index contributed by atoms with van der Waals surface area (Å²) in [4.78, 5) is 9.45. The van der Waals surface area contributed by atoms with Crippen LogP contribution in [0.25, 0.3) is 11.0 Å². The highest BCUT2D eigenvalue weighted by Gasteiger charge is 2.20. The molecule has 0 saturated carbocycles. The summed E-state index contributed by atoms with van der Waals surface area (Å²) in [6.45, 7) is 4.53. The van der Waals surface area contributed by atoms with Crippen molar-refractivity contribution >= 4 is 50.9 Å². The van der Waals surface area contributed by atoms with Gasteiger partial charge in [-0.25, -0.2) is 9.97 Å². The predicted molar refractivity (Wildman–Crippen MR) is 114 cm³/mol. The molecule has 28 heavy (non-hydrogen) atoms. The van der Waals surface area contributed by atoms with Crippen LogP contribution in [0.1, 0.15) is 30.8 Å². The summed E-state index contributed by atoms with van der Waals surface area (Å²) in [5, 5.41) is 0.942. The molecule has 2 aromatic heterocycles. The molecule has 6 nitrogen and oxygen atoms in total. The maximum atomic E-state index is 12.7. The molecule has 0 radical (unpaired) electrons. The Morgan fingerprint density at radius 1 is 1.36 bits per heavy atom. The number of ether oxygens (including phenoxy) is 1. The van der Waals surface area contributed by atoms with Crippen molar-refractivity contribution in [2.45, 2.75) is 37.8 Å². The molecule has 0 aliphatic heterocycles. The number of halogens is 2. The summed E-state index contributed by atoms with van der Waals surface area (Å²) in [6, 6.07) is 5.01. The molecule has 9 heteroatoms. The van der Waals surface area contributed by atoms with Gasteiger partial charge in [-0.1, -0.05) is 23.2 Å². The molecule has 2 atom stereocenters. The average Bonchev–Trinajstić information content (AvgIpc) is 3.05. The first-order valence-electron chi connectivity index (χ1n) is 8.81. The normalized spacial score (nSPS) is 13.8. The van der Waals surface area contributed by atoms with E-state index in [9.17, 15) is 4.21 Å². The number of aromatic nitrogens is 3. The molecular formula is C19H22Cl2N4O2S. The Balaban J connectivity index is 1.85. The van der Waals surface area contributed by atoms with Gasteiger partial charge in [-0.05, 0) is 44.0 Å². The van der Waals surface area contributed by atoms with Crippen molar-refractivity contribution in [1.82, 2.24) is 14.5 Å². The number of aryl methyl sites for hydroxylation is 2. The molecule has 1 aromatic carbocycles. The summed E-state index contributed by atoms with van der Waals surface area (Å²) >= 11 is 12.1. The molecule has 0 spiro atoms. The number of pyridine rings is 1. The molecule has 2 N–H and O–H groups in total. The van der Waals surface area contributed by atoms with Gasteiger partial charge in [-0.2, -0.15) is 0 Å². The lowest BCUT2D eigenvalue weighted by molar-refractivity contribution is 0.109. The fourth-order valence-corrected chi connectivity index (χ4v) is 4.88. The smallest absolute Gasteiger partial charge is 0.151 e. The number of rotatable bonds is 7. The van der Waals surface area contributed by atoms with Crippen LogP contribution in [0.3, 0.4) is 0 Å². The predicted octanol–water partition coefficient (Wildman–Crippen LogP) is 4.53. The Kier molecular flexibility index (Phi) is 6.60. The van der Waals surface area contributed by atoms with E-state index in [2.05, 4.69) is 14.5 Å². The van der Waals surface area contributed by atoms with Crippen LogP contribution in [0.5, 0.6) is 0 Å². The van der Waals surface area contributed by atoms with Crippen LogP contribution >= 0.6 is 23.2 Å². The molecule has 2 unspecified atom stereocenters. The molecule has 150 valence electrons. The lowest BCUT2D eigenvalue weighted by atomic mass is 10.2. The minimum atomic E-state index is -1.22.